The van der Waals surface area contributed by atoms with Gasteiger partial charge >= 0.3 is 0 Å². The van der Waals surface area contributed by atoms with Gasteiger partial charge in [0, 0.05) is 36.5 Å². The summed E-state index contributed by atoms with van der Waals surface area (Å²) in [6.07, 6.45) is 0. The zero-order valence-electron chi connectivity index (χ0n) is 8.32. The molecule has 0 unspecified atom stereocenters. The van der Waals surface area contributed by atoms with E-state index in [2.05, 4.69) is 20.6 Å². The Hall–Kier alpha value is -0.260. The molecule has 1 aromatic rings. The molecule has 3 nitrogen and oxygen atoms in total. The molecule has 1 aromatic heterocycles. The van der Waals surface area contributed by atoms with Gasteiger partial charge in [-0.1, -0.05) is 0 Å². The first-order valence-electron chi connectivity index (χ1n) is 4.82. The molecule has 1 fully saturated rings. The van der Waals surface area contributed by atoms with E-state index < -0.39 is 0 Å². The normalized spacial score (nSPS) is 17.4. The fourth-order valence-electron chi connectivity index (χ4n) is 1.46. The SMILES string of the molecule is CNCc1csc(N2CCSCC2)n1. The van der Waals surface area contributed by atoms with Crippen LogP contribution in [-0.4, -0.2) is 36.6 Å². The monoisotopic (exact) mass is 229 g/mol. The molecule has 0 aromatic carbocycles. The molecule has 2 heterocycles. The zero-order valence-corrected chi connectivity index (χ0v) is 9.96. The zero-order chi connectivity index (χ0) is 9.80. The summed E-state index contributed by atoms with van der Waals surface area (Å²) in [5.74, 6) is 2.47. The van der Waals surface area contributed by atoms with Crippen LogP contribution < -0.4 is 10.2 Å². The first-order chi connectivity index (χ1) is 6.90. The van der Waals surface area contributed by atoms with E-state index >= 15 is 0 Å². The summed E-state index contributed by atoms with van der Waals surface area (Å²) in [7, 11) is 1.95. The Morgan fingerprint density at radius 1 is 1.50 bits per heavy atom. The van der Waals surface area contributed by atoms with Crippen LogP contribution in [0.25, 0.3) is 0 Å². The molecule has 78 valence electrons. The number of hydrogen-bond acceptors (Lipinski definition) is 5. The molecule has 2 rings (SSSR count). The van der Waals surface area contributed by atoms with Gasteiger partial charge in [-0.05, 0) is 7.05 Å². The largest absolute Gasteiger partial charge is 0.346 e. The van der Waals surface area contributed by atoms with E-state index in [0.29, 0.717) is 0 Å². The van der Waals surface area contributed by atoms with Crippen LogP contribution in [0.2, 0.25) is 0 Å². The minimum Gasteiger partial charge on any atom is -0.346 e. The van der Waals surface area contributed by atoms with Gasteiger partial charge in [0.2, 0.25) is 0 Å². The summed E-state index contributed by atoms with van der Waals surface area (Å²) in [6, 6.07) is 0. The van der Waals surface area contributed by atoms with E-state index in [0.717, 1.165) is 25.3 Å². The van der Waals surface area contributed by atoms with Crippen molar-refractivity contribution in [2.75, 3.05) is 36.5 Å². The predicted molar refractivity (Wildman–Crippen MR) is 64.4 cm³/mol. The summed E-state index contributed by atoms with van der Waals surface area (Å²) < 4.78 is 0. The Balaban J connectivity index is 2.00. The molecule has 1 aliphatic rings. The molecule has 1 saturated heterocycles. The average Bonchev–Trinajstić information content (AvgIpc) is 2.68. The average molecular weight is 229 g/mol. The highest BCUT2D eigenvalue weighted by Gasteiger charge is 2.13. The van der Waals surface area contributed by atoms with Crippen molar-refractivity contribution in [3.8, 4) is 0 Å². The van der Waals surface area contributed by atoms with Crippen LogP contribution in [0.3, 0.4) is 0 Å². The quantitative estimate of drug-likeness (QED) is 0.848. The summed E-state index contributed by atoms with van der Waals surface area (Å²) in [4.78, 5) is 6.99. The molecule has 1 aliphatic heterocycles. The topological polar surface area (TPSA) is 28.2 Å². The molecule has 0 spiro atoms. The lowest BCUT2D eigenvalue weighted by Gasteiger charge is -2.25. The van der Waals surface area contributed by atoms with Crippen molar-refractivity contribution in [1.82, 2.24) is 10.3 Å². The lowest BCUT2D eigenvalue weighted by molar-refractivity contribution is 0.788. The molecular formula is C9H15N3S2. The van der Waals surface area contributed by atoms with E-state index in [4.69, 9.17) is 0 Å². The van der Waals surface area contributed by atoms with Gasteiger partial charge < -0.3 is 10.2 Å². The predicted octanol–water partition coefficient (Wildman–Crippen LogP) is 1.42. The molecule has 5 heteroatoms. The van der Waals surface area contributed by atoms with Crippen molar-refractivity contribution in [2.24, 2.45) is 0 Å². The van der Waals surface area contributed by atoms with E-state index in [9.17, 15) is 0 Å². The second-order valence-corrected chi connectivity index (χ2v) is 5.31. The van der Waals surface area contributed by atoms with E-state index in [1.165, 1.54) is 16.6 Å². The van der Waals surface area contributed by atoms with Crippen LogP contribution in [-0.2, 0) is 6.54 Å². The Morgan fingerprint density at radius 3 is 3.00 bits per heavy atom. The molecule has 0 saturated carbocycles. The van der Waals surface area contributed by atoms with Gasteiger partial charge in [-0.15, -0.1) is 11.3 Å². The van der Waals surface area contributed by atoms with E-state index in [1.807, 2.05) is 18.8 Å². The number of nitrogens with zero attached hydrogens (tertiary/aromatic N) is 2. The molecule has 0 radical (unpaired) electrons. The fourth-order valence-corrected chi connectivity index (χ4v) is 3.24. The summed E-state index contributed by atoms with van der Waals surface area (Å²) >= 11 is 3.79. The van der Waals surface area contributed by atoms with Crippen molar-refractivity contribution in [1.29, 1.82) is 0 Å². The van der Waals surface area contributed by atoms with Crippen LogP contribution in [0, 0.1) is 0 Å². The van der Waals surface area contributed by atoms with Crippen LogP contribution in [0.4, 0.5) is 5.13 Å². The number of thiazole rings is 1. The van der Waals surface area contributed by atoms with E-state index in [-0.39, 0.29) is 0 Å². The van der Waals surface area contributed by atoms with Gasteiger partial charge in [-0.25, -0.2) is 4.98 Å². The number of hydrogen-bond donors (Lipinski definition) is 1. The molecule has 0 aliphatic carbocycles. The second-order valence-electron chi connectivity index (χ2n) is 3.25. The van der Waals surface area contributed by atoms with Crippen molar-refractivity contribution in [2.45, 2.75) is 6.54 Å². The van der Waals surface area contributed by atoms with Gasteiger partial charge in [0.25, 0.3) is 0 Å². The summed E-state index contributed by atoms with van der Waals surface area (Å²) in [5, 5.41) is 6.46. The molecular weight excluding hydrogens is 214 g/mol. The summed E-state index contributed by atoms with van der Waals surface area (Å²) in [5.41, 5.74) is 1.16. The number of aromatic nitrogens is 1. The fraction of sp³-hybridized carbons (Fsp3) is 0.667. The summed E-state index contributed by atoms with van der Waals surface area (Å²) in [6.45, 7) is 3.17. The number of thioether (sulfide) groups is 1. The molecule has 0 atom stereocenters. The lowest BCUT2D eigenvalue weighted by atomic mass is 10.5. The number of nitrogens with one attached hydrogen (secondary N) is 1. The maximum atomic E-state index is 4.60. The third kappa shape index (κ3) is 2.40. The molecule has 0 amide bonds. The highest BCUT2D eigenvalue weighted by molar-refractivity contribution is 7.99. The number of anilines is 1. The van der Waals surface area contributed by atoms with Gasteiger partial charge in [-0.3, -0.25) is 0 Å². The maximum absolute atomic E-state index is 4.60. The standard InChI is InChI=1S/C9H15N3S2/c1-10-6-8-7-14-9(11-8)12-2-4-13-5-3-12/h7,10H,2-6H2,1H3. The Bertz CT molecular complexity index is 281. The smallest absolute Gasteiger partial charge is 0.185 e. The second kappa shape index (κ2) is 5.00. The van der Waals surface area contributed by atoms with Crippen molar-refractivity contribution in [3.05, 3.63) is 11.1 Å². The molecule has 14 heavy (non-hydrogen) atoms. The third-order valence-corrected chi connectivity index (χ3v) is 4.07. The van der Waals surface area contributed by atoms with Gasteiger partial charge in [-0.2, -0.15) is 11.8 Å². The maximum Gasteiger partial charge on any atom is 0.185 e. The first kappa shape index (κ1) is 10.3. The van der Waals surface area contributed by atoms with Crippen molar-refractivity contribution < 1.29 is 0 Å². The minimum atomic E-state index is 0.874. The van der Waals surface area contributed by atoms with E-state index in [1.54, 1.807) is 11.3 Å². The Morgan fingerprint density at radius 2 is 2.29 bits per heavy atom. The first-order valence-corrected chi connectivity index (χ1v) is 6.85. The highest BCUT2D eigenvalue weighted by atomic mass is 32.2. The highest BCUT2D eigenvalue weighted by Crippen LogP contribution is 2.23. The minimum absolute atomic E-state index is 0.874. The van der Waals surface area contributed by atoms with Gasteiger partial charge in [0.15, 0.2) is 5.13 Å². The van der Waals surface area contributed by atoms with Gasteiger partial charge in [0.1, 0.15) is 0 Å². The van der Waals surface area contributed by atoms with Crippen molar-refractivity contribution in [3.63, 3.8) is 0 Å². The van der Waals surface area contributed by atoms with Crippen molar-refractivity contribution >= 4 is 28.2 Å². The molecule has 0 bridgehead atoms. The van der Waals surface area contributed by atoms with Crippen LogP contribution >= 0.6 is 23.1 Å². The third-order valence-electron chi connectivity index (χ3n) is 2.18. The lowest BCUT2D eigenvalue weighted by Crippen LogP contribution is -2.32. The van der Waals surface area contributed by atoms with Gasteiger partial charge in [0.05, 0.1) is 5.69 Å². The van der Waals surface area contributed by atoms with Crippen LogP contribution in [0.15, 0.2) is 5.38 Å². The number of rotatable bonds is 3. The Labute approximate surface area is 92.9 Å². The van der Waals surface area contributed by atoms with Crippen LogP contribution in [0.5, 0.6) is 0 Å². The molecule has 1 N–H and O–H groups in total. The Kier molecular flexibility index (Phi) is 3.67. The van der Waals surface area contributed by atoms with Crippen LogP contribution in [0.1, 0.15) is 5.69 Å².